The van der Waals surface area contributed by atoms with Gasteiger partial charge in [0.15, 0.2) is 5.11 Å². The average molecular weight is 317 g/mol. The molecule has 0 unspecified atom stereocenters. The van der Waals surface area contributed by atoms with Crippen molar-refractivity contribution in [1.29, 1.82) is 0 Å². The lowest BCUT2D eigenvalue weighted by Crippen LogP contribution is -2.34. The van der Waals surface area contributed by atoms with Gasteiger partial charge in [-0.2, -0.15) is 0 Å². The first-order valence-corrected chi connectivity index (χ1v) is 6.19. The highest BCUT2D eigenvalue weighted by atomic mass is 35.5. The van der Waals surface area contributed by atoms with E-state index in [-0.39, 0.29) is 5.11 Å². The van der Waals surface area contributed by atoms with Gasteiger partial charge in [-0.25, -0.2) is 9.59 Å². The second kappa shape index (κ2) is 7.51. The molecular weight excluding hydrogens is 304 g/mol. The van der Waals surface area contributed by atoms with Crippen LogP contribution in [0.3, 0.4) is 0 Å². The zero-order valence-corrected chi connectivity index (χ0v) is 12.3. The molecule has 0 saturated heterocycles. The molecule has 0 bridgehead atoms. The highest BCUT2D eigenvalue weighted by molar-refractivity contribution is 7.80. The van der Waals surface area contributed by atoms with Gasteiger partial charge in [0.05, 0.1) is 18.5 Å². The molecule has 0 radical (unpaired) electrons. The standard InChI is InChI=1S/C11H13ClN4O3S/c1-13-9(17)14-8-5-6(12)3-4-7(8)15-10(20)16-11(18)19-2/h3-5H,1-2H3,(H2,13,14,17)(H2,15,16,18,20). The summed E-state index contributed by atoms with van der Waals surface area (Å²) >= 11 is 10.8. The van der Waals surface area contributed by atoms with E-state index in [1.165, 1.54) is 14.2 Å². The first-order chi connectivity index (χ1) is 9.46. The SMILES string of the molecule is CNC(=O)Nc1cc(Cl)ccc1NC(=S)NC(=O)OC. The lowest BCUT2D eigenvalue weighted by molar-refractivity contribution is 0.177. The number of anilines is 2. The van der Waals surface area contributed by atoms with Crippen molar-refractivity contribution in [2.24, 2.45) is 0 Å². The lowest BCUT2D eigenvalue weighted by atomic mass is 10.2. The van der Waals surface area contributed by atoms with Crippen LogP contribution in [0.1, 0.15) is 0 Å². The minimum atomic E-state index is -0.697. The van der Waals surface area contributed by atoms with Gasteiger partial charge in [-0.15, -0.1) is 0 Å². The molecule has 1 aromatic carbocycles. The lowest BCUT2D eigenvalue weighted by Gasteiger charge is -2.14. The number of hydrogen-bond donors (Lipinski definition) is 4. The van der Waals surface area contributed by atoms with E-state index in [9.17, 15) is 9.59 Å². The Balaban J connectivity index is 2.85. The quantitative estimate of drug-likeness (QED) is 0.628. The van der Waals surface area contributed by atoms with Crippen molar-refractivity contribution in [3.05, 3.63) is 23.2 Å². The summed E-state index contributed by atoms with van der Waals surface area (Å²) in [6, 6.07) is 4.35. The number of urea groups is 1. The summed E-state index contributed by atoms with van der Waals surface area (Å²) in [6.07, 6.45) is -0.697. The molecule has 1 aromatic rings. The number of thiocarbonyl (C=S) groups is 1. The normalized spacial score (nSPS) is 9.35. The Morgan fingerprint density at radius 2 is 1.95 bits per heavy atom. The summed E-state index contributed by atoms with van der Waals surface area (Å²) in [7, 11) is 2.70. The van der Waals surface area contributed by atoms with Gasteiger partial charge >= 0.3 is 12.1 Å². The monoisotopic (exact) mass is 316 g/mol. The number of alkyl carbamates (subject to hydrolysis) is 1. The smallest absolute Gasteiger partial charge is 0.413 e. The molecule has 7 nitrogen and oxygen atoms in total. The fourth-order valence-electron chi connectivity index (χ4n) is 1.21. The van der Waals surface area contributed by atoms with Crippen LogP contribution in [0.25, 0.3) is 0 Å². The molecule has 0 fully saturated rings. The van der Waals surface area contributed by atoms with Crippen LogP contribution in [0.15, 0.2) is 18.2 Å². The summed E-state index contributed by atoms with van der Waals surface area (Å²) in [5, 5.41) is 10.5. The van der Waals surface area contributed by atoms with E-state index in [1.807, 2.05) is 0 Å². The molecule has 1 rings (SSSR count). The number of hydrogen-bond acceptors (Lipinski definition) is 4. The molecule has 0 aliphatic heterocycles. The van der Waals surface area contributed by atoms with E-state index in [0.29, 0.717) is 16.4 Å². The molecule has 0 heterocycles. The van der Waals surface area contributed by atoms with Gasteiger partial charge in [-0.1, -0.05) is 11.6 Å². The van der Waals surface area contributed by atoms with Gasteiger partial charge < -0.3 is 20.7 Å². The number of benzene rings is 1. The Labute approximate surface area is 126 Å². The molecule has 0 spiro atoms. The summed E-state index contributed by atoms with van der Waals surface area (Å²) in [4.78, 5) is 22.4. The van der Waals surface area contributed by atoms with Crippen molar-refractivity contribution in [1.82, 2.24) is 10.6 Å². The average Bonchev–Trinajstić information content (AvgIpc) is 2.41. The van der Waals surface area contributed by atoms with Crippen molar-refractivity contribution < 1.29 is 14.3 Å². The number of methoxy groups -OCH3 is 1. The van der Waals surface area contributed by atoms with Crippen LogP contribution in [0.4, 0.5) is 21.0 Å². The van der Waals surface area contributed by atoms with Crippen molar-refractivity contribution in [2.45, 2.75) is 0 Å². The van der Waals surface area contributed by atoms with E-state index in [4.69, 9.17) is 23.8 Å². The predicted molar refractivity (Wildman–Crippen MR) is 81.3 cm³/mol. The van der Waals surface area contributed by atoms with Crippen LogP contribution in [0.2, 0.25) is 5.02 Å². The topological polar surface area (TPSA) is 91.5 Å². The largest absolute Gasteiger partial charge is 0.453 e. The van der Waals surface area contributed by atoms with E-state index in [2.05, 4.69) is 26.0 Å². The van der Waals surface area contributed by atoms with E-state index in [0.717, 1.165) is 0 Å². The summed E-state index contributed by atoms with van der Waals surface area (Å²) in [5.41, 5.74) is 0.880. The van der Waals surface area contributed by atoms with Crippen molar-refractivity contribution in [2.75, 3.05) is 24.8 Å². The number of carbonyl (C=O) groups is 2. The zero-order valence-electron chi connectivity index (χ0n) is 10.7. The van der Waals surface area contributed by atoms with Crippen LogP contribution in [0.5, 0.6) is 0 Å². The maximum absolute atomic E-state index is 11.3. The maximum Gasteiger partial charge on any atom is 0.413 e. The third kappa shape index (κ3) is 4.90. The number of halogens is 1. The second-order valence-corrected chi connectivity index (χ2v) is 4.31. The van der Waals surface area contributed by atoms with Crippen LogP contribution in [0, 0.1) is 0 Å². The summed E-state index contributed by atoms with van der Waals surface area (Å²) in [6.45, 7) is 0. The van der Waals surface area contributed by atoms with Crippen LogP contribution in [-0.2, 0) is 4.74 Å². The fourth-order valence-corrected chi connectivity index (χ4v) is 1.58. The van der Waals surface area contributed by atoms with Crippen LogP contribution >= 0.6 is 23.8 Å². The third-order valence-corrected chi connectivity index (χ3v) is 2.55. The highest BCUT2D eigenvalue weighted by Crippen LogP contribution is 2.25. The number of nitrogens with one attached hydrogen (secondary N) is 4. The molecule has 3 amide bonds. The van der Waals surface area contributed by atoms with Crippen molar-refractivity contribution in [3.8, 4) is 0 Å². The second-order valence-electron chi connectivity index (χ2n) is 3.46. The van der Waals surface area contributed by atoms with E-state index in [1.54, 1.807) is 18.2 Å². The fraction of sp³-hybridized carbons (Fsp3) is 0.182. The van der Waals surface area contributed by atoms with E-state index < -0.39 is 12.1 Å². The van der Waals surface area contributed by atoms with Crippen LogP contribution in [-0.4, -0.2) is 31.4 Å². The predicted octanol–water partition coefficient (Wildman–Crippen LogP) is 2.14. The molecule has 9 heteroatoms. The molecule has 0 saturated carbocycles. The number of rotatable bonds is 2. The Bertz CT molecular complexity index is 538. The molecule has 20 heavy (non-hydrogen) atoms. The molecule has 0 aromatic heterocycles. The van der Waals surface area contributed by atoms with Gasteiger partial charge in [0, 0.05) is 12.1 Å². The van der Waals surface area contributed by atoms with Crippen LogP contribution < -0.4 is 21.3 Å². The Hall–Kier alpha value is -2.06. The highest BCUT2D eigenvalue weighted by Gasteiger charge is 2.09. The summed E-state index contributed by atoms with van der Waals surface area (Å²) < 4.78 is 4.41. The number of amides is 3. The van der Waals surface area contributed by atoms with Crippen molar-refractivity contribution in [3.63, 3.8) is 0 Å². The zero-order chi connectivity index (χ0) is 15.1. The van der Waals surface area contributed by atoms with Gasteiger partial charge in [0.2, 0.25) is 0 Å². The van der Waals surface area contributed by atoms with E-state index >= 15 is 0 Å². The van der Waals surface area contributed by atoms with Gasteiger partial charge in [0.25, 0.3) is 0 Å². The first kappa shape index (κ1) is 16.0. The third-order valence-electron chi connectivity index (χ3n) is 2.11. The van der Waals surface area contributed by atoms with Crippen molar-refractivity contribution >= 4 is 52.4 Å². The molecular formula is C11H13ClN4O3S. The maximum atomic E-state index is 11.3. The number of ether oxygens (including phenoxy) is 1. The Morgan fingerprint density at radius 1 is 1.25 bits per heavy atom. The Kier molecular flexibility index (Phi) is 6.01. The van der Waals surface area contributed by atoms with Gasteiger partial charge in [-0.3, -0.25) is 5.32 Å². The molecule has 0 atom stereocenters. The Morgan fingerprint density at radius 3 is 2.55 bits per heavy atom. The van der Waals surface area contributed by atoms with Gasteiger partial charge in [0.1, 0.15) is 0 Å². The number of carbonyl (C=O) groups excluding carboxylic acids is 2. The molecule has 0 aliphatic rings. The minimum absolute atomic E-state index is 0.0270. The van der Waals surface area contributed by atoms with Gasteiger partial charge in [-0.05, 0) is 30.4 Å². The summed E-state index contributed by atoms with van der Waals surface area (Å²) in [5.74, 6) is 0. The molecule has 108 valence electrons. The molecule has 0 aliphatic carbocycles. The molecule has 4 N–H and O–H groups in total. The minimum Gasteiger partial charge on any atom is -0.453 e. The first-order valence-electron chi connectivity index (χ1n) is 5.40.